The van der Waals surface area contributed by atoms with Crippen molar-refractivity contribution >= 4 is 29.2 Å². The van der Waals surface area contributed by atoms with Crippen molar-refractivity contribution in [2.45, 2.75) is 25.7 Å². The first-order valence-corrected chi connectivity index (χ1v) is 6.97. The quantitative estimate of drug-likeness (QED) is 0.838. The van der Waals surface area contributed by atoms with Crippen molar-refractivity contribution in [1.82, 2.24) is 0 Å². The summed E-state index contributed by atoms with van der Waals surface area (Å²) in [5.74, 6) is -1.75. The van der Waals surface area contributed by atoms with Crippen LogP contribution in [0.4, 0.5) is 14.5 Å². The Kier molecular flexibility index (Phi) is 4.85. The standard InChI is InChI=1S/C14H14ClF2NO4/c15-9-6-8(2-3-10(9)22-7-11(19)20)18-13(21)14(12(16)17)4-1-5-14/h2-3,6,12H,1,4-5,7H2,(H,18,21)(H,19,20). The van der Waals surface area contributed by atoms with Gasteiger partial charge in [0.1, 0.15) is 11.2 Å². The molecule has 0 saturated heterocycles. The number of rotatable bonds is 6. The highest BCUT2D eigenvalue weighted by atomic mass is 35.5. The van der Waals surface area contributed by atoms with Crippen LogP contribution in [-0.4, -0.2) is 30.0 Å². The van der Waals surface area contributed by atoms with Crippen LogP contribution in [0.15, 0.2) is 18.2 Å². The maximum Gasteiger partial charge on any atom is 0.341 e. The minimum Gasteiger partial charge on any atom is -0.480 e. The highest BCUT2D eigenvalue weighted by molar-refractivity contribution is 6.32. The number of benzene rings is 1. The van der Waals surface area contributed by atoms with Crippen LogP contribution in [0.3, 0.4) is 0 Å². The van der Waals surface area contributed by atoms with Gasteiger partial charge in [0.2, 0.25) is 5.91 Å². The molecule has 120 valence electrons. The average molecular weight is 334 g/mol. The van der Waals surface area contributed by atoms with Crippen molar-refractivity contribution < 1.29 is 28.2 Å². The number of carboxylic acid groups (broad SMARTS) is 1. The van der Waals surface area contributed by atoms with Crippen molar-refractivity contribution in [3.8, 4) is 5.75 Å². The number of halogens is 3. The molecule has 0 aromatic heterocycles. The normalized spacial score (nSPS) is 16.0. The molecule has 0 aliphatic heterocycles. The topological polar surface area (TPSA) is 75.6 Å². The van der Waals surface area contributed by atoms with Crippen molar-refractivity contribution in [1.29, 1.82) is 0 Å². The van der Waals surface area contributed by atoms with Crippen LogP contribution in [0, 0.1) is 5.41 Å². The lowest BCUT2D eigenvalue weighted by Crippen LogP contribution is -2.47. The van der Waals surface area contributed by atoms with Gasteiger partial charge < -0.3 is 15.2 Å². The second-order valence-corrected chi connectivity index (χ2v) is 5.50. The Hall–Kier alpha value is -1.89. The van der Waals surface area contributed by atoms with E-state index < -0.39 is 30.3 Å². The van der Waals surface area contributed by atoms with Gasteiger partial charge in [0.05, 0.1) is 5.02 Å². The maximum absolute atomic E-state index is 13.0. The number of amides is 1. The first kappa shape index (κ1) is 16.5. The van der Waals surface area contributed by atoms with Crippen LogP contribution in [0.2, 0.25) is 5.02 Å². The summed E-state index contributed by atoms with van der Waals surface area (Å²) in [4.78, 5) is 22.4. The van der Waals surface area contributed by atoms with Gasteiger partial charge in [-0.3, -0.25) is 4.79 Å². The summed E-state index contributed by atoms with van der Waals surface area (Å²) in [6, 6.07) is 4.12. The minimum absolute atomic E-state index is 0.0822. The number of hydrogen-bond acceptors (Lipinski definition) is 3. The third kappa shape index (κ3) is 3.30. The molecular weight excluding hydrogens is 320 g/mol. The van der Waals surface area contributed by atoms with E-state index in [9.17, 15) is 18.4 Å². The van der Waals surface area contributed by atoms with E-state index in [1.165, 1.54) is 18.2 Å². The molecule has 2 N–H and O–H groups in total. The molecule has 0 atom stereocenters. The summed E-state index contributed by atoms with van der Waals surface area (Å²) < 4.78 is 31.0. The zero-order valence-electron chi connectivity index (χ0n) is 11.4. The lowest BCUT2D eigenvalue weighted by atomic mass is 9.68. The second-order valence-electron chi connectivity index (χ2n) is 5.09. The Morgan fingerprint density at radius 3 is 2.55 bits per heavy atom. The monoisotopic (exact) mass is 333 g/mol. The lowest BCUT2D eigenvalue weighted by molar-refractivity contribution is -0.144. The molecule has 0 bridgehead atoms. The van der Waals surface area contributed by atoms with E-state index in [0.29, 0.717) is 6.42 Å². The van der Waals surface area contributed by atoms with E-state index >= 15 is 0 Å². The predicted octanol–water partition coefficient (Wildman–Crippen LogP) is 3.18. The van der Waals surface area contributed by atoms with Crippen LogP contribution >= 0.6 is 11.6 Å². The molecule has 1 fully saturated rings. The zero-order chi connectivity index (χ0) is 16.3. The fourth-order valence-corrected chi connectivity index (χ4v) is 2.43. The average Bonchev–Trinajstić information content (AvgIpc) is 2.35. The van der Waals surface area contributed by atoms with E-state index in [4.69, 9.17) is 21.4 Å². The number of carboxylic acids is 1. The molecule has 1 amide bonds. The van der Waals surface area contributed by atoms with E-state index in [1.807, 2.05) is 0 Å². The van der Waals surface area contributed by atoms with Crippen LogP contribution in [0.25, 0.3) is 0 Å². The fourth-order valence-electron chi connectivity index (χ4n) is 2.19. The number of anilines is 1. The molecule has 1 aromatic rings. The van der Waals surface area contributed by atoms with Crippen molar-refractivity contribution in [3.63, 3.8) is 0 Å². The smallest absolute Gasteiger partial charge is 0.341 e. The molecule has 5 nitrogen and oxygen atoms in total. The van der Waals surface area contributed by atoms with Crippen LogP contribution in [0.1, 0.15) is 19.3 Å². The Bertz CT molecular complexity index is 590. The Balaban J connectivity index is 2.06. The number of carbonyl (C=O) groups excluding carboxylic acids is 1. The molecule has 0 radical (unpaired) electrons. The highest BCUT2D eigenvalue weighted by Crippen LogP contribution is 2.46. The number of aliphatic carboxylic acids is 1. The SMILES string of the molecule is O=C(O)COc1ccc(NC(=O)C2(C(F)F)CCC2)cc1Cl. The molecule has 0 spiro atoms. The lowest BCUT2D eigenvalue weighted by Gasteiger charge is -2.39. The van der Waals surface area contributed by atoms with Crippen LogP contribution in [-0.2, 0) is 9.59 Å². The van der Waals surface area contributed by atoms with Crippen molar-refractivity contribution in [2.24, 2.45) is 5.41 Å². The molecule has 1 saturated carbocycles. The molecule has 1 aliphatic carbocycles. The van der Waals surface area contributed by atoms with Gasteiger partial charge in [-0.15, -0.1) is 0 Å². The first-order valence-electron chi connectivity index (χ1n) is 6.59. The van der Waals surface area contributed by atoms with E-state index in [1.54, 1.807) is 0 Å². The van der Waals surface area contributed by atoms with Gasteiger partial charge in [0.25, 0.3) is 6.43 Å². The van der Waals surface area contributed by atoms with Crippen LogP contribution in [0.5, 0.6) is 5.75 Å². The summed E-state index contributed by atoms with van der Waals surface area (Å²) in [6.07, 6.45) is -1.80. The number of ether oxygens (including phenoxy) is 1. The van der Waals surface area contributed by atoms with E-state index in [2.05, 4.69) is 5.32 Å². The van der Waals surface area contributed by atoms with E-state index in [-0.39, 0.29) is 29.3 Å². The van der Waals surface area contributed by atoms with Gasteiger partial charge in [-0.1, -0.05) is 18.0 Å². The Labute approximate surface area is 130 Å². The molecule has 2 rings (SSSR count). The maximum atomic E-state index is 13.0. The van der Waals surface area contributed by atoms with E-state index in [0.717, 1.165) is 0 Å². The molecule has 1 aliphatic rings. The van der Waals surface area contributed by atoms with Crippen molar-refractivity contribution in [2.75, 3.05) is 11.9 Å². The van der Waals surface area contributed by atoms with Gasteiger partial charge in [-0.05, 0) is 31.0 Å². The third-order valence-electron chi connectivity index (χ3n) is 3.66. The van der Waals surface area contributed by atoms with Gasteiger partial charge in [0, 0.05) is 5.69 Å². The Morgan fingerprint density at radius 2 is 2.09 bits per heavy atom. The number of carbonyl (C=O) groups is 2. The number of nitrogens with one attached hydrogen (secondary N) is 1. The molecule has 22 heavy (non-hydrogen) atoms. The number of alkyl halides is 2. The van der Waals surface area contributed by atoms with Crippen molar-refractivity contribution in [3.05, 3.63) is 23.2 Å². The van der Waals surface area contributed by atoms with Gasteiger partial charge in [-0.25, -0.2) is 13.6 Å². The van der Waals surface area contributed by atoms with Gasteiger partial charge >= 0.3 is 5.97 Å². The largest absolute Gasteiger partial charge is 0.480 e. The molecule has 8 heteroatoms. The Morgan fingerprint density at radius 1 is 1.41 bits per heavy atom. The molecule has 1 aromatic carbocycles. The highest BCUT2D eigenvalue weighted by Gasteiger charge is 2.51. The molecular formula is C14H14ClF2NO4. The molecule has 0 unspecified atom stereocenters. The summed E-state index contributed by atoms with van der Waals surface area (Å²) >= 11 is 5.90. The first-order chi connectivity index (χ1) is 10.3. The van der Waals surface area contributed by atoms with Crippen LogP contribution < -0.4 is 10.1 Å². The summed E-state index contributed by atoms with van der Waals surface area (Å²) in [5, 5.41) is 11.0. The van der Waals surface area contributed by atoms with Gasteiger partial charge in [0.15, 0.2) is 6.61 Å². The summed E-state index contributed by atoms with van der Waals surface area (Å²) in [6.45, 7) is -0.556. The predicted molar refractivity (Wildman–Crippen MR) is 75.5 cm³/mol. The molecule has 0 heterocycles. The zero-order valence-corrected chi connectivity index (χ0v) is 12.2. The fraction of sp³-hybridized carbons (Fsp3) is 0.429. The summed E-state index contributed by atoms with van der Waals surface area (Å²) in [5.41, 5.74) is -1.37. The second kappa shape index (κ2) is 6.48. The minimum atomic E-state index is -2.71. The number of hydrogen-bond donors (Lipinski definition) is 2. The summed E-state index contributed by atoms with van der Waals surface area (Å²) in [7, 11) is 0. The van der Waals surface area contributed by atoms with Gasteiger partial charge in [-0.2, -0.15) is 0 Å². The third-order valence-corrected chi connectivity index (χ3v) is 3.95.